The van der Waals surface area contributed by atoms with Crippen molar-refractivity contribution in [3.8, 4) is 0 Å². The van der Waals surface area contributed by atoms with Crippen LogP contribution in [0.25, 0.3) is 5.76 Å². The van der Waals surface area contributed by atoms with Crippen LogP contribution in [0.4, 0.5) is 4.39 Å². The van der Waals surface area contributed by atoms with Crippen molar-refractivity contribution in [1.82, 2.24) is 0 Å². The molecule has 80 valence electrons. The SMILES string of the molecule is CCOC(=O)/C=C(\[O-])c1cccc(F)c1. The molecular weight excluding hydrogens is 199 g/mol. The fourth-order valence-corrected chi connectivity index (χ4v) is 1.02. The molecule has 0 saturated heterocycles. The fourth-order valence-electron chi connectivity index (χ4n) is 1.02. The van der Waals surface area contributed by atoms with E-state index in [1.807, 2.05) is 0 Å². The first-order valence-electron chi connectivity index (χ1n) is 4.45. The number of carbonyl (C=O) groups is 1. The maximum absolute atomic E-state index is 12.7. The summed E-state index contributed by atoms with van der Waals surface area (Å²) in [6.45, 7) is 1.84. The van der Waals surface area contributed by atoms with Crippen LogP contribution in [0.1, 0.15) is 12.5 Å². The predicted octanol–water partition coefficient (Wildman–Crippen LogP) is 1.09. The average Bonchev–Trinajstić information content (AvgIpc) is 2.18. The standard InChI is InChI=1S/C11H11FO3/c1-2-15-11(14)7-10(13)8-4-3-5-9(12)6-8/h3-7,13H,2H2,1H3/p-1/b10-7-. The van der Waals surface area contributed by atoms with Gasteiger partial charge in [0, 0.05) is 6.08 Å². The van der Waals surface area contributed by atoms with E-state index in [0.29, 0.717) is 0 Å². The third kappa shape index (κ3) is 3.42. The van der Waals surface area contributed by atoms with Crippen LogP contribution in [0.15, 0.2) is 30.3 Å². The van der Waals surface area contributed by atoms with Gasteiger partial charge in [-0.1, -0.05) is 17.9 Å². The molecule has 1 aromatic carbocycles. The molecule has 1 rings (SSSR count). The molecule has 0 bridgehead atoms. The minimum Gasteiger partial charge on any atom is -0.872 e. The second kappa shape index (κ2) is 5.14. The smallest absolute Gasteiger partial charge is 0.330 e. The molecule has 0 aliphatic rings. The van der Waals surface area contributed by atoms with E-state index in [1.165, 1.54) is 18.2 Å². The zero-order chi connectivity index (χ0) is 11.3. The van der Waals surface area contributed by atoms with Crippen molar-refractivity contribution >= 4 is 11.7 Å². The molecule has 0 aromatic heterocycles. The van der Waals surface area contributed by atoms with Gasteiger partial charge in [-0.05, 0) is 24.6 Å². The van der Waals surface area contributed by atoms with E-state index in [1.54, 1.807) is 6.92 Å². The highest BCUT2D eigenvalue weighted by atomic mass is 19.1. The Bertz CT molecular complexity index is 385. The average molecular weight is 209 g/mol. The van der Waals surface area contributed by atoms with E-state index in [2.05, 4.69) is 4.74 Å². The van der Waals surface area contributed by atoms with E-state index in [4.69, 9.17) is 0 Å². The van der Waals surface area contributed by atoms with Gasteiger partial charge in [0.15, 0.2) is 0 Å². The first-order valence-corrected chi connectivity index (χ1v) is 4.45. The maximum Gasteiger partial charge on any atom is 0.330 e. The van der Waals surface area contributed by atoms with Gasteiger partial charge in [0.25, 0.3) is 0 Å². The van der Waals surface area contributed by atoms with E-state index in [0.717, 1.165) is 12.1 Å². The normalized spacial score (nSPS) is 11.2. The maximum atomic E-state index is 12.7. The van der Waals surface area contributed by atoms with E-state index < -0.39 is 17.5 Å². The highest BCUT2D eigenvalue weighted by Gasteiger charge is 1.98. The Morgan fingerprint density at radius 3 is 2.93 bits per heavy atom. The Morgan fingerprint density at radius 2 is 2.33 bits per heavy atom. The van der Waals surface area contributed by atoms with Gasteiger partial charge in [0.2, 0.25) is 0 Å². The lowest BCUT2D eigenvalue weighted by Crippen LogP contribution is -2.08. The van der Waals surface area contributed by atoms with Gasteiger partial charge < -0.3 is 9.84 Å². The summed E-state index contributed by atoms with van der Waals surface area (Å²) in [4.78, 5) is 10.9. The number of hydrogen-bond donors (Lipinski definition) is 0. The summed E-state index contributed by atoms with van der Waals surface area (Å²) in [5.41, 5.74) is 0.128. The van der Waals surface area contributed by atoms with E-state index >= 15 is 0 Å². The van der Waals surface area contributed by atoms with Gasteiger partial charge in [-0.3, -0.25) is 0 Å². The summed E-state index contributed by atoms with van der Waals surface area (Å²) in [6.07, 6.45) is 0.804. The summed E-state index contributed by atoms with van der Waals surface area (Å²) >= 11 is 0. The highest BCUT2D eigenvalue weighted by Crippen LogP contribution is 2.10. The molecule has 0 aliphatic carbocycles. The fraction of sp³-hybridized carbons (Fsp3) is 0.182. The van der Waals surface area contributed by atoms with Crippen LogP contribution in [-0.2, 0) is 9.53 Å². The monoisotopic (exact) mass is 209 g/mol. The van der Waals surface area contributed by atoms with Gasteiger partial charge in [0.05, 0.1) is 6.61 Å². The van der Waals surface area contributed by atoms with E-state index in [9.17, 15) is 14.3 Å². The van der Waals surface area contributed by atoms with Crippen molar-refractivity contribution in [3.05, 3.63) is 41.7 Å². The lowest BCUT2D eigenvalue weighted by atomic mass is 10.2. The van der Waals surface area contributed by atoms with E-state index in [-0.39, 0.29) is 12.2 Å². The van der Waals surface area contributed by atoms with Crippen molar-refractivity contribution in [2.45, 2.75) is 6.92 Å². The Labute approximate surface area is 86.8 Å². The number of ether oxygens (including phenoxy) is 1. The lowest BCUT2D eigenvalue weighted by molar-refractivity contribution is -0.244. The second-order valence-corrected chi connectivity index (χ2v) is 2.77. The first kappa shape index (κ1) is 11.2. The van der Waals surface area contributed by atoms with Crippen LogP contribution < -0.4 is 5.11 Å². The number of esters is 1. The molecule has 0 N–H and O–H groups in total. The van der Waals surface area contributed by atoms with Gasteiger partial charge in [0.1, 0.15) is 5.82 Å². The number of benzene rings is 1. The molecule has 3 nitrogen and oxygen atoms in total. The second-order valence-electron chi connectivity index (χ2n) is 2.77. The molecule has 0 unspecified atom stereocenters. The largest absolute Gasteiger partial charge is 0.872 e. The Balaban J connectivity index is 2.84. The summed E-state index contributed by atoms with van der Waals surface area (Å²) in [6, 6.07) is 5.13. The summed E-state index contributed by atoms with van der Waals surface area (Å²) in [5, 5.41) is 11.4. The van der Waals surface area contributed by atoms with Crippen molar-refractivity contribution in [2.75, 3.05) is 6.61 Å². The molecule has 0 amide bonds. The van der Waals surface area contributed by atoms with Gasteiger partial charge in [-0.15, -0.1) is 0 Å². The lowest BCUT2D eigenvalue weighted by Gasteiger charge is -2.11. The minimum atomic E-state index is -0.716. The van der Waals surface area contributed by atoms with Crippen LogP contribution in [0.2, 0.25) is 0 Å². The highest BCUT2D eigenvalue weighted by molar-refractivity contribution is 5.88. The summed E-state index contributed by atoms with van der Waals surface area (Å²) in [7, 11) is 0. The van der Waals surface area contributed by atoms with Crippen molar-refractivity contribution in [1.29, 1.82) is 0 Å². The number of rotatable bonds is 3. The first-order chi connectivity index (χ1) is 7.13. The zero-order valence-corrected chi connectivity index (χ0v) is 8.20. The molecule has 0 atom stereocenters. The van der Waals surface area contributed by atoms with Gasteiger partial charge in [-0.2, -0.15) is 0 Å². The molecule has 4 heteroatoms. The van der Waals surface area contributed by atoms with Crippen LogP contribution in [0, 0.1) is 5.82 Å². The van der Waals surface area contributed by atoms with Gasteiger partial charge >= 0.3 is 5.97 Å². The Kier molecular flexibility index (Phi) is 3.85. The van der Waals surface area contributed by atoms with Crippen LogP contribution >= 0.6 is 0 Å². The summed E-state index contributed by atoms with van der Waals surface area (Å²) < 4.78 is 17.3. The number of carbonyl (C=O) groups excluding carboxylic acids is 1. The molecule has 0 aliphatic heterocycles. The Hall–Kier alpha value is -1.84. The topological polar surface area (TPSA) is 49.4 Å². The van der Waals surface area contributed by atoms with Gasteiger partial charge in [-0.25, -0.2) is 9.18 Å². The molecule has 0 radical (unpaired) electrons. The third-order valence-corrected chi connectivity index (χ3v) is 1.64. The number of halogens is 1. The number of hydrogen-bond acceptors (Lipinski definition) is 3. The molecule has 0 fully saturated rings. The van der Waals surface area contributed by atoms with Crippen LogP contribution in [0.3, 0.4) is 0 Å². The molecule has 1 aromatic rings. The van der Waals surface area contributed by atoms with Crippen molar-refractivity contribution < 1.29 is 19.0 Å². The minimum absolute atomic E-state index is 0.128. The van der Waals surface area contributed by atoms with Crippen molar-refractivity contribution in [2.24, 2.45) is 0 Å². The molecular formula is C11H10FO3-. The third-order valence-electron chi connectivity index (χ3n) is 1.64. The Morgan fingerprint density at radius 1 is 1.60 bits per heavy atom. The molecule has 15 heavy (non-hydrogen) atoms. The van der Waals surface area contributed by atoms with Crippen molar-refractivity contribution in [3.63, 3.8) is 0 Å². The quantitative estimate of drug-likeness (QED) is 0.425. The molecule has 0 spiro atoms. The van der Waals surface area contributed by atoms with Crippen LogP contribution in [0.5, 0.6) is 0 Å². The zero-order valence-electron chi connectivity index (χ0n) is 8.20. The van der Waals surface area contributed by atoms with Crippen LogP contribution in [-0.4, -0.2) is 12.6 Å². The molecule has 0 saturated carbocycles. The predicted molar refractivity (Wildman–Crippen MR) is 51.0 cm³/mol. The molecule has 0 heterocycles. The summed E-state index contributed by atoms with van der Waals surface area (Å²) in [5.74, 6) is -1.79.